The Labute approximate surface area is 171 Å². The number of anilines is 1. The summed E-state index contributed by atoms with van der Waals surface area (Å²) in [6.07, 6.45) is 11.6. The normalized spacial score (nSPS) is 25.3. The molecule has 3 fully saturated rings. The predicted molar refractivity (Wildman–Crippen MR) is 117 cm³/mol. The lowest BCUT2D eigenvalue weighted by atomic mass is 10.00. The highest BCUT2D eigenvalue weighted by Crippen LogP contribution is 2.30. The van der Waals surface area contributed by atoms with Crippen LogP contribution >= 0.6 is 0 Å². The Bertz CT molecular complexity index is 593. The summed E-state index contributed by atoms with van der Waals surface area (Å²) in [6, 6.07) is 9.21. The zero-order valence-corrected chi connectivity index (χ0v) is 17.8. The maximum atomic E-state index is 5.57. The van der Waals surface area contributed by atoms with Gasteiger partial charge >= 0.3 is 0 Å². The molecule has 28 heavy (non-hydrogen) atoms. The smallest absolute Gasteiger partial charge is 0.142 e. The number of likely N-dealkylation sites (tertiary alicyclic amines) is 1. The molecule has 1 aromatic carbocycles. The summed E-state index contributed by atoms with van der Waals surface area (Å²) in [4.78, 5) is 8.02. The summed E-state index contributed by atoms with van der Waals surface area (Å²) >= 11 is 0. The molecular formula is C24H39N3O. The summed E-state index contributed by atoms with van der Waals surface area (Å²) in [5.41, 5.74) is 1.25. The van der Waals surface area contributed by atoms with Gasteiger partial charge in [0.05, 0.1) is 12.8 Å². The molecule has 156 valence electrons. The highest BCUT2D eigenvalue weighted by atomic mass is 16.5. The van der Waals surface area contributed by atoms with Crippen LogP contribution in [0.2, 0.25) is 0 Å². The maximum absolute atomic E-state index is 5.57. The molecule has 0 radical (unpaired) electrons. The van der Waals surface area contributed by atoms with E-state index in [0.29, 0.717) is 0 Å². The number of piperidine rings is 1. The van der Waals surface area contributed by atoms with Gasteiger partial charge in [0.25, 0.3) is 0 Å². The Balaban J connectivity index is 1.22. The lowest BCUT2D eigenvalue weighted by Crippen LogP contribution is -2.55. The van der Waals surface area contributed by atoms with Crippen molar-refractivity contribution in [2.45, 2.75) is 57.4 Å². The Kier molecular flexibility index (Phi) is 7.14. The molecule has 0 spiro atoms. The topological polar surface area (TPSA) is 19.0 Å². The average Bonchev–Trinajstić information content (AvgIpc) is 3.28. The summed E-state index contributed by atoms with van der Waals surface area (Å²) in [7, 11) is 1.78. The number of methoxy groups -OCH3 is 1. The quantitative estimate of drug-likeness (QED) is 0.698. The average molecular weight is 386 g/mol. The van der Waals surface area contributed by atoms with Crippen LogP contribution in [0, 0.1) is 5.92 Å². The predicted octanol–water partition coefficient (Wildman–Crippen LogP) is 4.25. The first-order valence-electron chi connectivity index (χ1n) is 11.7. The minimum absolute atomic E-state index is 0.764. The molecule has 4 nitrogen and oxygen atoms in total. The molecule has 1 saturated carbocycles. The second-order valence-electron chi connectivity index (χ2n) is 9.08. The van der Waals surface area contributed by atoms with Crippen molar-refractivity contribution < 1.29 is 4.74 Å². The third-order valence-electron chi connectivity index (χ3n) is 7.30. The molecule has 3 aliphatic rings. The van der Waals surface area contributed by atoms with Crippen LogP contribution in [0.3, 0.4) is 0 Å². The van der Waals surface area contributed by atoms with Crippen molar-refractivity contribution in [2.75, 3.05) is 57.8 Å². The number of para-hydroxylation sites is 2. The van der Waals surface area contributed by atoms with E-state index in [1.807, 2.05) is 0 Å². The van der Waals surface area contributed by atoms with Gasteiger partial charge in [0.15, 0.2) is 0 Å². The fourth-order valence-electron chi connectivity index (χ4n) is 5.65. The number of nitrogens with zero attached hydrogens (tertiary/aromatic N) is 3. The van der Waals surface area contributed by atoms with E-state index in [0.717, 1.165) is 30.8 Å². The van der Waals surface area contributed by atoms with Gasteiger partial charge in [0.1, 0.15) is 5.75 Å². The molecule has 4 heteroatoms. The van der Waals surface area contributed by atoms with Gasteiger partial charge in [-0.25, -0.2) is 0 Å². The summed E-state index contributed by atoms with van der Waals surface area (Å²) in [6.45, 7) is 8.52. The van der Waals surface area contributed by atoms with Gasteiger partial charge < -0.3 is 14.5 Å². The molecule has 2 saturated heterocycles. The molecule has 4 rings (SSSR count). The van der Waals surface area contributed by atoms with Crippen molar-refractivity contribution in [2.24, 2.45) is 5.92 Å². The molecule has 0 amide bonds. The Morgan fingerprint density at radius 2 is 1.71 bits per heavy atom. The molecule has 0 bridgehead atoms. The highest BCUT2D eigenvalue weighted by molar-refractivity contribution is 5.58. The third kappa shape index (κ3) is 5.01. The molecule has 1 atom stereocenters. The van der Waals surface area contributed by atoms with Gasteiger partial charge in [-0.1, -0.05) is 37.8 Å². The fourth-order valence-corrected chi connectivity index (χ4v) is 5.65. The molecule has 1 aliphatic carbocycles. The second kappa shape index (κ2) is 9.98. The first kappa shape index (κ1) is 20.0. The van der Waals surface area contributed by atoms with Crippen molar-refractivity contribution in [1.29, 1.82) is 0 Å². The zero-order chi connectivity index (χ0) is 19.2. The van der Waals surface area contributed by atoms with Gasteiger partial charge in [-0.05, 0) is 56.8 Å². The standard InChI is InChI=1S/C24H39N3O/c1-28-24-13-5-4-12-23(24)27-18-16-26(17-19-27)22-11-7-15-25(20-22)14-6-10-21-8-2-3-9-21/h4-5,12-13,21-22H,2-3,6-11,14-20H2,1H3. The van der Waals surface area contributed by atoms with Crippen molar-refractivity contribution in [3.8, 4) is 5.75 Å². The monoisotopic (exact) mass is 385 g/mol. The first-order valence-corrected chi connectivity index (χ1v) is 11.7. The minimum atomic E-state index is 0.764. The van der Waals surface area contributed by atoms with Crippen LogP contribution in [0.15, 0.2) is 24.3 Å². The van der Waals surface area contributed by atoms with E-state index < -0.39 is 0 Å². The largest absolute Gasteiger partial charge is 0.495 e. The van der Waals surface area contributed by atoms with E-state index in [1.54, 1.807) is 7.11 Å². The van der Waals surface area contributed by atoms with Crippen LogP contribution in [-0.2, 0) is 0 Å². The van der Waals surface area contributed by atoms with Crippen LogP contribution in [0.4, 0.5) is 5.69 Å². The van der Waals surface area contributed by atoms with E-state index in [9.17, 15) is 0 Å². The van der Waals surface area contributed by atoms with Crippen LogP contribution in [-0.4, -0.2) is 68.8 Å². The van der Waals surface area contributed by atoms with Crippen LogP contribution in [0.1, 0.15) is 51.4 Å². The van der Waals surface area contributed by atoms with Gasteiger partial charge in [0, 0.05) is 38.8 Å². The lowest BCUT2D eigenvalue weighted by molar-refractivity contribution is 0.0908. The van der Waals surface area contributed by atoms with Crippen molar-refractivity contribution in [1.82, 2.24) is 9.80 Å². The van der Waals surface area contributed by atoms with Crippen molar-refractivity contribution in [3.63, 3.8) is 0 Å². The number of hydrogen-bond acceptors (Lipinski definition) is 4. The Morgan fingerprint density at radius 1 is 0.929 bits per heavy atom. The minimum Gasteiger partial charge on any atom is -0.495 e. The number of ether oxygens (including phenoxy) is 1. The SMILES string of the molecule is COc1ccccc1N1CCN(C2CCCN(CCCC3CCCC3)C2)CC1. The summed E-state index contributed by atoms with van der Waals surface area (Å²) < 4.78 is 5.57. The van der Waals surface area contributed by atoms with Crippen molar-refractivity contribution >= 4 is 5.69 Å². The van der Waals surface area contributed by atoms with Crippen LogP contribution in [0.25, 0.3) is 0 Å². The third-order valence-corrected chi connectivity index (χ3v) is 7.30. The number of hydrogen-bond donors (Lipinski definition) is 0. The molecule has 1 unspecified atom stereocenters. The fraction of sp³-hybridized carbons (Fsp3) is 0.750. The van der Waals surface area contributed by atoms with E-state index in [-0.39, 0.29) is 0 Å². The van der Waals surface area contributed by atoms with E-state index in [4.69, 9.17) is 4.74 Å². The summed E-state index contributed by atoms with van der Waals surface area (Å²) in [5.74, 6) is 2.05. The maximum Gasteiger partial charge on any atom is 0.142 e. The molecule has 1 aromatic rings. The van der Waals surface area contributed by atoms with Gasteiger partial charge in [-0.3, -0.25) is 4.90 Å². The zero-order valence-electron chi connectivity index (χ0n) is 17.8. The van der Waals surface area contributed by atoms with Gasteiger partial charge in [-0.2, -0.15) is 0 Å². The number of rotatable bonds is 7. The van der Waals surface area contributed by atoms with Gasteiger partial charge in [0.2, 0.25) is 0 Å². The van der Waals surface area contributed by atoms with Crippen LogP contribution in [0.5, 0.6) is 5.75 Å². The van der Waals surface area contributed by atoms with Crippen LogP contribution < -0.4 is 9.64 Å². The highest BCUT2D eigenvalue weighted by Gasteiger charge is 2.28. The van der Waals surface area contributed by atoms with E-state index >= 15 is 0 Å². The first-order chi connectivity index (χ1) is 13.8. The number of piperazine rings is 1. The Morgan fingerprint density at radius 3 is 2.50 bits per heavy atom. The van der Waals surface area contributed by atoms with Crippen molar-refractivity contribution in [3.05, 3.63) is 24.3 Å². The van der Waals surface area contributed by atoms with E-state index in [1.165, 1.54) is 89.8 Å². The number of benzene rings is 1. The molecule has 0 aromatic heterocycles. The lowest BCUT2D eigenvalue weighted by Gasteiger charge is -2.44. The molecule has 0 N–H and O–H groups in total. The molecule has 2 heterocycles. The molecular weight excluding hydrogens is 346 g/mol. The second-order valence-corrected chi connectivity index (χ2v) is 9.08. The summed E-state index contributed by atoms with van der Waals surface area (Å²) in [5, 5.41) is 0. The van der Waals surface area contributed by atoms with E-state index in [2.05, 4.69) is 39.0 Å². The van der Waals surface area contributed by atoms with Gasteiger partial charge in [-0.15, -0.1) is 0 Å². The molecule has 2 aliphatic heterocycles. The Hall–Kier alpha value is -1.26.